The highest BCUT2D eigenvalue weighted by Crippen LogP contribution is 2.43. The van der Waals surface area contributed by atoms with Gasteiger partial charge in [-0.05, 0) is 60.2 Å². The topological polar surface area (TPSA) is 58.2 Å². The number of rotatable bonds is 4. The first-order chi connectivity index (χ1) is 12.5. The number of carbonyl (C=O) groups excluding carboxylic acids is 2. The van der Waals surface area contributed by atoms with Crippen LogP contribution in [-0.2, 0) is 4.79 Å². The minimum Gasteiger partial charge on any atom is -0.326 e. The number of benzene rings is 2. The Morgan fingerprint density at radius 2 is 1.69 bits per heavy atom. The molecule has 0 spiro atoms. The summed E-state index contributed by atoms with van der Waals surface area (Å²) in [6.07, 6.45) is 1.27. The molecule has 2 aromatic rings. The molecule has 0 atom stereocenters. The fourth-order valence-corrected chi connectivity index (χ4v) is 5.60. The van der Waals surface area contributed by atoms with Gasteiger partial charge in [0, 0.05) is 23.9 Å². The molecule has 3 rings (SSSR count). The monoisotopic (exact) mass is 386 g/mol. The van der Waals surface area contributed by atoms with E-state index in [1.165, 1.54) is 30.4 Å². The van der Waals surface area contributed by atoms with Crippen LogP contribution in [0.4, 0.5) is 11.4 Å². The van der Waals surface area contributed by atoms with E-state index in [-0.39, 0.29) is 11.8 Å². The number of aryl methyl sites for hydroxylation is 1. The summed E-state index contributed by atoms with van der Waals surface area (Å²) >= 11 is 3.94. The second kappa shape index (κ2) is 8.64. The summed E-state index contributed by atoms with van der Waals surface area (Å²) in [6.45, 7) is 3.39. The fraction of sp³-hybridized carbons (Fsp3) is 0.300. The van der Waals surface area contributed by atoms with Gasteiger partial charge in [0.15, 0.2) is 0 Å². The molecule has 2 aromatic carbocycles. The summed E-state index contributed by atoms with van der Waals surface area (Å²) in [7, 11) is 0. The minimum atomic E-state index is -0.149. The number of hydrogen-bond donors (Lipinski definition) is 2. The van der Waals surface area contributed by atoms with Crippen LogP contribution < -0.4 is 10.6 Å². The van der Waals surface area contributed by atoms with Gasteiger partial charge in [-0.25, -0.2) is 0 Å². The van der Waals surface area contributed by atoms with E-state index in [0.29, 0.717) is 21.5 Å². The maximum absolute atomic E-state index is 12.6. The number of amides is 2. The van der Waals surface area contributed by atoms with Crippen LogP contribution in [0.2, 0.25) is 0 Å². The molecule has 2 N–H and O–H groups in total. The lowest BCUT2D eigenvalue weighted by atomic mass is 10.1. The molecule has 2 amide bonds. The van der Waals surface area contributed by atoms with Crippen molar-refractivity contribution in [1.29, 1.82) is 0 Å². The SMILES string of the molecule is CC(=O)Nc1ccc(C)c(NC(=O)c2ccc(C3SCCCS3)cc2)c1. The zero-order valence-electron chi connectivity index (χ0n) is 14.9. The van der Waals surface area contributed by atoms with Crippen LogP contribution in [0.1, 0.15) is 39.4 Å². The molecular formula is C20H22N2O2S2. The largest absolute Gasteiger partial charge is 0.326 e. The molecule has 0 unspecified atom stereocenters. The van der Waals surface area contributed by atoms with Crippen molar-refractivity contribution in [2.24, 2.45) is 0 Å². The van der Waals surface area contributed by atoms with Crippen LogP contribution in [-0.4, -0.2) is 23.3 Å². The van der Waals surface area contributed by atoms with Crippen molar-refractivity contribution in [2.75, 3.05) is 22.1 Å². The van der Waals surface area contributed by atoms with Crippen LogP contribution in [0.15, 0.2) is 42.5 Å². The predicted molar refractivity (Wildman–Crippen MR) is 112 cm³/mol. The van der Waals surface area contributed by atoms with Gasteiger partial charge in [-0.3, -0.25) is 9.59 Å². The Bertz CT molecular complexity index is 800. The molecule has 0 bridgehead atoms. The van der Waals surface area contributed by atoms with Gasteiger partial charge in [0.25, 0.3) is 5.91 Å². The van der Waals surface area contributed by atoms with E-state index >= 15 is 0 Å². The van der Waals surface area contributed by atoms with Crippen LogP contribution >= 0.6 is 23.5 Å². The van der Waals surface area contributed by atoms with Gasteiger partial charge in [0.1, 0.15) is 0 Å². The summed E-state index contributed by atoms with van der Waals surface area (Å²) in [4.78, 5) is 23.8. The number of hydrogen-bond acceptors (Lipinski definition) is 4. The third-order valence-corrected chi connectivity index (χ3v) is 7.09. The van der Waals surface area contributed by atoms with Crippen molar-refractivity contribution in [3.05, 3.63) is 59.2 Å². The third kappa shape index (κ3) is 4.83. The van der Waals surface area contributed by atoms with E-state index in [4.69, 9.17) is 0 Å². The first-order valence-corrected chi connectivity index (χ1v) is 10.7. The standard InChI is InChI=1S/C20H22N2O2S2/c1-13-4-9-17(21-14(2)23)12-18(13)22-19(24)15-5-7-16(8-6-15)20-25-10-3-11-26-20/h4-9,12,20H,3,10-11H2,1-2H3,(H,21,23)(H,22,24). The lowest BCUT2D eigenvalue weighted by molar-refractivity contribution is -0.114. The van der Waals surface area contributed by atoms with E-state index in [1.807, 2.05) is 66.8 Å². The highest BCUT2D eigenvalue weighted by atomic mass is 32.2. The van der Waals surface area contributed by atoms with E-state index < -0.39 is 0 Å². The Hall–Kier alpha value is -1.92. The second-order valence-corrected chi connectivity index (χ2v) is 8.94. The van der Waals surface area contributed by atoms with Crippen molar-refractivity contribution in [2.45, 2.75) is 24.9 Å². The highest BCUT2D eigenvalue weighted by Gasteiger charge is 2.17. The molecule has 0 aliphatic carbocycles. The molecule has 136 valence electrons. The number of thioether (sulfide) groups is 2. The van der Waals surface area contributed by atoms with E-state index in [2.05, 4.69) is 10.6 Å². The molecule has 26 heavy (non-hydrogen) atoms. The van der Waals surface area contributed by atoms with Gasteiger partial charge in [-0.2, -0.15) is 0 Å². The average molecular weight is 387 g/mol. The van der Waals surface area contributed by atoms with Crippen LogP contribution in [0.3, 0.4) is 0 Å². The number of anilines is 2. The Morgan fingerprint density at radius 3 is 2.35 bits per heavy atom. The molecule has 1 aliphatic rings. The quantitative estimate of drug-likeness (QED) is 0.770. The molecular weight excluding hydrogens is 364 g/mol. The Labute approximate surface area is 162 Å². The normalized spacial score (nSPS) is 14.7. The van der Waals surface area contributed by atoms with E-state index in [9.17, 15) is 9.59 Å². The van der Waals surface area contributed by atoms with Crippen molar-refractivity contribution in [1.82, 2.24) is 0 Å². The third-order valence-electron chi connectivity index (χ3n) is 4.08. The summed E-state index contributed by atoms with van der Waals surface area (Å²) in [6, 6.07) is 13.3. The van der Waals surface area contributed by atoms with Gasteiger partial charge in [-0.1, -0.05) is 18.2 Å². The number of carbonyl (C=O) groups is 2. The fourth-order valence-electron chi connectivity index (χ4n) is 2.70. The van der Waals surface area contributed by atoms with Gasteiger partial charge in [0.2, 0.25) is 5.91 Å². The van der Waals surface area contributed by atoms with E-state index in [1.54, 1.807) is 6.07 Å². The van der Waals surface area contributed by atoms with Gasteiger partial charge in [0.05, 0.1) is 4.58 Å². The molecule has 1 saturated heterocycles. The summed E-state index contributed by atoms with van der Waals surface area (Å²) in [5.74, 6) is 2.11. The Kier molecular flexibility index (Phi) is 6.27. The maximum Gasteiger partial charge on any atom is 0.255 e. The molecule has 0 saturated carbocycles. The van der Waals surface area contributed by atoms with Gasteiger partial charge in [-0.15, -0.1) is 23.5 Å². The minimum absolute atomic E-state index is 0.139. The predicted octanol–water partition coefficient (Wildman–Crippen LogP) is 5.07. The van der Waals surface area contributed by atoms with Gasteiger partial charge >= 0.3 is 0 Å². The van der Waals surface area contributed by atoms with Crippen LogP contribution in [0.25, 0.3) is 0 Å². The first kappa shape index (κ1) is 18.9. The van der Waals surface area contributed by atoms with E-state index in [0.717, 1.165) is 5.56 Å². The van der Waals surface area contributed by atoms with Crippen molar-refractivity contribution in [3.63, 3.8) is 0 Å². The zero-order valence-corrected chi connectivity index (χ0v) is 16.5. The summed E-state index contributed by atoms with van der Waals surface area (Å²) in [5.41, 5.74) is 4.20. The highest BCUT2D eigenvalue weighted by molar-refractivity contribution is 8.16. The number of nitrogens with one attached hydrogen (secondary N) is 2. The molecule has 6 heteroatoms. The average Bonchev–Trinajstić information content (AvgIpc) is 2.65. The molecule has 0 radical (unpaired) electrons. The van der Waals surface area contributed by atoms with Crippen LogP contribution in [0, 0.1) is 6.92 Å². The molecule has 1 fully saturated rings. The first-order valence-electron chi connectivity index (χ1n) is 8.56. The summed E-state index contributed by atoms with van der Waals surface area (Å²) in [5, 5.41) is 5.67. The lowest BCUT2D eigenvalue weighted by Gasteiger charge is -2.21. The Balaban J connectivity index is 1.70. The second-order valence-electron chi connectivity index (χ2n) is 6.21. The zero-order chi connectivity index (χ0) is 18.5. The lowest BCUT2D eigenvalue weighted by Crippen LogP contribution is -2.14. The Morgan fingerprint density at radius 1 is 1.00 bits per heavy atom. The molecule has 0 aromatic heterocycles. The van der Waals surface area contributed by atoms with Crippen molar-refractivity contribution < 1.29 is 9.59 Å². The van der Waals surface area contributed by atoms with Crippen molar-refractivity contribution >= 4 is 46.7 Å². The molecule has 1 heterocycles. The molecule has 1 aliphatic heterocycles. The molecule has 4 nitrogen and oxygen atoms in total. The summed E-state index contributed by atoms with van der Waals surface area (Å²) < 4.78 is 0.470. The maximum atomic E-state index is 12.6. The van der Waals surface area contributed by atoms with Crippen LogP contribution in [0.5, 0.6) is 0 Å². The van der Waals surface area contributed by atoms with Crippen molar-refractivity contribution in [3.8, 4) is 0 Å². The smallest absolute Gasteiger partial charge is 0.255 e. The van der Waals surface area contributed by atoms with Gasteiger partial charge < -0.3 is 10.6 Å².